The fourth-order valence-electron chi connectivity index (χ4n) is 3.07. The van der Waals surface area contributed by atoms with Gasteiger partial charge in [-0.3, -0.25) is 9.97 Å². The molecule has 0 spiro atoms. The summed E-state index contributed by atoms with van der Waals surface area (Å²) in [5.74, 6) is -1.43. The third kappa shape index (κ3) is 4.53. The van der Waals surface area contributed by atoms with Crippen molar-refractivity contribution in [2.45, 2.75) is 0 Å². The Morgan fingerprint density at radius 2 is 1.48 bits per heavy atom. The summed E-state index contributed by atoms with van der Waals surface area (Å²) in [6.45, 7) is 0. The molecule has 0 aliphatic carbocycles. The Hall–Kier alpha value is -4.24. The van der Waals surface area contributed by atoms with Crippen LogP contribution in [0.3, 0.4) is 0 Å². The van der Waals surface area contributed by atoms with Crippen molar-refractivity contribution in [1.82, 2.24) is 19.9 Å². The molecule has 0 saturated carbocycles. The summed E-state index contributed by atoms with van der Waals surface area (Å²) in [6.07, 6.45) is 4.89. The van der Waals surface area contributed by atoms with E-state index in [1.54, 1.807) is 12.4 Å². The lowest BCUT2D eigenvalue weighted by Crippen LogP contribution is -1.96. The van der Waals surface area contributed by atoms with Crippen LogP contribution in [0.2, 0.25) is 0 Å². The second-order valence-electron chi connectivity index (χ2n) is 6.78. The van der Waals surface area contributed by atoms with E-state index in [0.717, 1.165) is 22.7 Å². The Labute approximate surface area is 191 Å². The molecule has 0 aliphatic heterocycles. The minimum Gasteiger partial charge on any atom is -0.451 e. The van der Waals surface area contributed by atoms with Crippen LogP contribution in [0.5, 0.6) is 11.5 Å². The molecular weight excluding hydrogens is 444 g/mol. The molecule has 0 bridgehead atoms. The van der Waals surface area contributed by atoms with Gasteiger partial charge in [-0.2, -0.15) is 0 Å². The first kappa shape index (κ1) is 20.7. The number of nitrogens with zero attached hydrogens (tertiary/aromatic N) is 4. The Morgan fingerprint density at radius 1 is 0.758 bits per heavy atom. The molecule has 0 saturated heterocycles. The van der Waals surface area contributed by atoms with Crippen LogP contribution in [-0.4, -0.2) is 19.9 Å². The second-order valence-corrected chi connectivity index (χ2v) is 7.78. The molecule has 1 N–H and O–H groups in total. The van der Waals surface area contributed by atoms with Crippen LogP contribution in [0.4, 0.5) is 19.7 Å². The summed E-state index contributed by atoms with van der Waals surface area (Å²) in [4.78, 5) is 18.7. The van der Waals surface area contributed by atoms with Crippen molar-refractivity contribution in [2.24, 2.45) is 0 Å². The van der Waals surface area contributed by atoms with Gasteiger partial charge in [0.15, 0.2) is 22.5 Å². The van der Waals surface area contributed by atoms with E-state index < -0.39 is 17.4 Å². The standard InChI is InChI=1S/C24H15F2N5OS/c25-16-6-5-7-17(26)22(16)32-15-10-13-29-20(14-15)30-24-31-21(18-8-1-3-11-27-18)23(33-24)19-9-2-4-12-28-19/h1-14H,(H,29,30,31). The van der Waals surface area contributed by atoms with E-state index in [4.69, 9.17) is 9.72 Å². The summed E-state index contributed by atoms with van der Waals surface area (Å²) in [5, 5.41) is 3.69. The highest BCUT2D eigenvalue weighted by molar-refractivity contribution is 7.19. The predicted molar refractivity (Wildman–Crippen MR) is 123 cm³/mol. The van der Waals surface area contributed by atoms with Crippen molar-refractivity contribution in [3.05, 3.63) is 97.0 Å². The summed E-state index contributed by atoms with van der Waals surface area (Å²) in [6, 6.07) is 17.8. The predicted octanol–water partition coefficient (Wildman–Crippen LogP) is 6.48. The van der Waals surface area contributed by atoms with Crippen LogP contribution in [0.25, 0.3) is 22.0 Å². The fraction of sp³-hybridized carbons (Fsp3) is 0. The SMILES string of the molecule is Fc1cccc(F)c1Oc1ccnc(Nc2nc(-c3ccccn3)c(-c3ccccn3)s2)c1. The molecule has 4 aromatic heterocycles. The molecule has 0 radical (unpaired) electrons. The van der Waals surface area contributed by atoms with E-state index in [0.29, 0.717) is 22.3 Å². The molecule has 0 amide bonds. The van der Waals surface area contributed by atoms with Gasteiger partial charge in [-0.1, -0.05) is 29.5 Å². The Balaban J connectivity index is 1.46. The molecule has 9 heteroatoms. The van der Waals surface area contributed by atoms with Gasteiger partial charge < -0.3 is 10.1 Å². The molecule has 6 nitrogen and oxygen atoms in total. The lowest BCUT2D eigenvalue weighted by molar-refractivity contribution is 0.407. The summed E-state index contributed by atoms with van der Waals surface area (Å²) < 4.78 is 33.3. The lowest BCUT2D eigenvalue weighted by atomic mass is 10.2. The third-order valence-electron chi connectivity index (χ3n) is 4.54. The van der Waals surface area contributed by atoms with Gasteiger partial charge in [0.05, 0.1) is 16.3 Å². The van der Waals surface area contributed by atoms with Crippen molar-refractivity contribution in [3.8, 4) is 33.5 Å². The molecule has 162 valence electrons. The zero-order valence-electron chi connectivity index (χ0n) is 16.9. The molecule has 1 aromatic carbocycles. The first-order valence-electron chi connectivity index (χ1n) is 9.86. The summed E-state index contributed by atoms with van der Waals surface area (Å²) >= 11 is 1.39. The van der Waals surface area contributed by atoms with Crippen molar-refractivity contribution in [2.75, 3.05) is 5.32 Å². The van der Waals surface area contributed by atoms with E-state index in [-0.39, 0.29) is 5.75 Å². The molecular formula is C24H15F2N5OS. The van der Waals surface area contributed by atoms with Gasteiger partial charge in [-0.05, 0) is 42.5 Å². The molecule has 0 unspecified atom stereocenters. The van der Waals surface area contributed by atoms with Gasteiger partial charge in [0.2, 0.25) is 0 Å². The van der Waals surface area contributed by atoms with E-state index in [9.17, 15) is 8.78 Å². The number of pyridine rings is 3. The summed E-state index contributed by atoms with van der Waals surface area (Å²) in [5.41, 5.74) is 2.16. The van der Waals surface area contributed by atoms with E-state index in [2.05, 4.69) is 20.3 Å². The zero-order valence-corrected chi connectivity index (χ0v) is 17.8. The maximum absolute atomic E-state index is 13.9. The van der Waals surface area contributed by atoms with Gasteiger partial charge in [0.25, 0.3) is 0 Å². The monoisotopic (exact) mass is 459 g/mol. The quantitative estimate of drug-likeness (QED) is 0.313. The van der Waals surface area contributed by atoms with Crippen molar-refractivity contribution < 1.29 is 13.5 Å². The van der Waals surface area contributed by atoms with Crippen LogP contribution in [0, 0.1) is 11.6 Å². The smallest absolute Gasteiger partial charge is 0.198 e. The largest absolute Gasteiger partial charge is 0.451 e. The van der Waals surface area contributed by atoms with Crippen LogP contribution < -0.4 is 10.1 Å². The molecule has 33 heavy (non-hydrogen) atoms. The van der Waals surface area contributed by atoms with E-state index in [1.807, 2.05) is 36.4 Å². The number of para-hydroxylation sites is 1. The Bertz CT molecular complexity index is 1320. The van der Waals surface area contributed by atoms with Crippen LogP contribution in [0.1, 0.15) is 0 Å². The number of aromatic nitrogens is 4. The molecule has 0 aliphatic rings. The molecule has 0 atom stereocenters. The number of thiazole rings is 1. The fourth-order valence-corrected chi connectivity index (χ4v) is 4.03. The van der Waals surface area contributed by atoms with Crippen molar-refractivity contribution in [1.29, 1.82) is 0 Å². The number of anilines is 2. The number of hydrogen-bond donors (Lipinski definition) is 1. The van der Waals surface area contributed by atoms with E-state index >= 15 is 0 Å². The number of nitrogens with one attached hydrogen (secondary N) is 1. The van der Waals surface area contributed by atoms with Crippen molar-refractivity contribution >= 4 is 22.3 Å². The highest BCUT2D eigenvalue weighted by Crippen LogP contribution is 2.38. The van der Waals surface area contributed by atoms with Gasteiger partial charge in [0.1, 0.15) is 17.3 Å². The average molecular weight is 459 g/mol. The molecule has 0 fully saturated rings. The summed E-state index contributed by atoms with van der Waals surface area (Å²) in [7, 11) is 0. The Morgan fingerprint density at radius 3 is 2.18 bits per heavy atom. The minimum absolute atomic E-state index is 0.225. The number of benzene rings is 1. The van der Waals surface area contributed by atoms with Gasteiger partial charge in [-0.25, -0.2) is 18.7 Å². The van der Waals surface area contributed by atoms with Crippen LogP contribution in [0.15, 0.2) is 85.3 Å². The van der Waals surface area contributed by atoms with E-state index in [1.165, 1.54) is 35.7 Å². The van der Waals surface area contributed by atoms with Crippen LogP contribution >= 0.6 is 11.3 Å². The first-order chi connectivity index (χ1) is 16.2. The van der Waals surface area contributed by atoms with Crippen molar-refractivity contribution in [3.63, 3.8) is 0 Å². The highest BCUT2D eigenvalue weighted by atomic mass is 32.1. The van der Waals surface area contributed by atoms with Gasteiger partial charge in [0, 0.05) is 24.7 Å². The first-order valence-corrected chi connectivity index (χ1v) is 10.7. The molecule has 5 rings (SSSR count). The van der Waals surface area contributed by atoms with Gasteiger partial charge in [-0.15, -0.1) is 0 Å². The maximum Gasteiger partial charge on any atom is 0.198 e. The third-order valence-corrected chi connectivity index (χ3v) is 5.53. The van der Waals surface area contributed by atoms with Crippen LogP contribution in [-0.2, 0) is 0 Å². The number of rotatable bonds is 6. The molecule has 4 heterocycles. The Kier molecular flexibility index (Phi) is 5.69. The topological polar surface area (TPSA) is 72.8 Å². The average Bonchev–Trinajstić information content (AvgIpc) is 3.27. The minimum atomic E-state index is -0.791. The normalized spacial score (nSPS) is 10.7. The zero-order chi connectivity index (χ0) is 22.6. The van der Waals surface area contributed by atoms with Gasteiger partial charge >= 0.3 is 0 Å². The number of ether oxygens (including phenoxy) is 1. The highest BCUT2D eigenvalue weighted by Gasteiger charge is 2.17. The maximum atomic E-state index is 13.9. The number of halogens is 2. The second kappa shape index (κ2) is 9.09. The lowest BCUT2D eigenvalue weighted by Gasteiger charge is -2.09. The molecule has 5 aromatic rings. The number of hydrogen-bond acceptors (Lipinski definition) is 7.